The van der Waals surface area contributed by atoms with Crippen LogP contribution in [0.1, 0.15) is 40.0 Å². The quantitative estimate of drug-likeness (QED) is 0.374. The monoisotopic (exact) mass is 456 g/mol. The Balaban J connectivity index is 1.62. The number of hydrogen-bond donors (Lipinski definition) is 0. The van der Waals surface area contributed by atoms with Gasteiger partial charge in [0.05, 0.1) is 15.5 Å². The van der Waals surface area contributed by atoms with E-state index in [1.165, 1.54) is 40.8 Å². The van der Waals surface area contributed by atoms with E-state index >= 15 is 0 Å². The van der Waals surface area contributed by atoms with E-state index in [1.54, 1.807) is 0 Å². The molecular formula is C19H18Cl2N2O5S. The van der Waals surface area contributed by atoms with Gasteiger partial charge in [-0.15, -0.1) is 0 Å². The van der Waals surface area contributed by atoms with E-state index in [4.69, 9.17) is 27.9 Å². The molecule has 1 saturated heterocycles. The zero-order valence-electron chi connectivity index (χ0n) is 15.3. The molecule has 3 rings (SSSR count). The molecular weight excluding hydrogens is 439 g/mol. The number of halogens is 2. The van der Waals surface area contributed by atoms with Crippen LogP contribution in [0.25, 0.3) is 0 Å². The Hall–Kier alpha value is -2.00. The summed E-state index contributed by atoms with van der Waals surface area (Å²) in [5, 5.41) is 0.150. The van der Waals surface area contributed by atoms with Crippen LogP contribution >= 0.6 is 23.2 Å². The molecule has 0 N–H and O–H groups in total. The highest BCUT2D eigenvalue weighted by Crippen LogP contribution is 2.22. The van der Waals surface area contributed by atoms with E-state index in [9.17, 15) is 18.0 Å². The van der Waals surface area contributed by atoms with Crippen molar-refractivity contribution in [2.75, 3.05) is 19.7 Å². The normalized spacial score (nSPS) is 15.1. The molecule has 29 heavy (non-hydrogen) atoms. The number of rotatable bonds is 6. The molecule has 2 aromatic rings. The minimum absolute atomic E-state index is 0.0545. The summed E-state index contributed by atoms with van der Waals surface area (Å²) in [4.78, 5) is 28.1. The van der Waals surface area contributed by atoms with Gasteiger partial charge < -0.3 is 4.74 Å². The van der Waals surface area contributed by atoms with Gasteiger partial charge in [-0.25, -0.2) is 18.2 Å². The average molecular weight is 457 g/mol. The number of benzene rings is 1. The molecule has 0 amide bonds. The summed E-state index contributed by atoms with van der Waals surface area (Å²) in [6.45, 7) is 0.502. The fourth-order valence-electron chi connectivity index (χ4n) is 2.90. The Kier molecular flexibility index (Phi) is 6.89. The van der Waals surface area contributed by atoms with Crippen LogP contribution in [0.5, 0.6) is 0 Å². The van der Waals surface area contributed by atoms with E-state index in [0.717, 1.165) is 19.3 Å². The molecule has 0 aliphatic carbocycles. The number of esters is 1. The van der Waals surface area contributed by atoms with Crippen LogP contribution in [-0.4, -0.2) is 49.2 Å². The van der Waals surface area contributed by atoms with Gasteiger partial charge in [0.15, 0.2) is 12.4 Å². The van der Waals surface area contributed by atoms with Crippen molar-refractivity contribution in [1.29, 1.82) is 0 Å². The number of hydrogen-bond acceptors (Lipinski definition) is 6. The van der Waals surface area contributed by atoms with Crippen molar-refractivity contribution in [1.82, 2.24) is 9.29 Å². The van der Waals surface area contributed by atoms with Gasteiger partial charge in [0.1, 0.15) is 5.15 Å². The van der Waals surface area contributed by atoms with Crippen LogP contribution in [0.15, 0.2) is 41.4 Å². The maximum Gasteiger partial charge on any atom is 0.340 e. The molecule has 1 aliphatic heterocycles. The molecule has 0 saturated carbocycles. The number of carbonyl (C=O) groups is 2. The summed E-state index contributed by atoms with van der Waals surface area (Å²) in [5.74, 6) is -1.23. The van der Waals surface area contributed by atoms with Gasteiger partial charge in [-0.3, -0.25) is 4.79 Å². The summed E-state index contributed by atoms with van der Waals surface area (Å²) < 4.78 is 31.7. The van der Waals surface area contributed by atoms with Gasteiger partial charge in [0.2, 0.25) is 10.0 Å². The Morgan fingerprint density at radius 2 is 1.69 bits per heavy atom. The Labute approximate surface area is 178 Å². The van der Waals surface area contributed by atoms with Crippen molar-refractivity contribution < 1.29 is 22.7 Å². The first-order valence-corrected chi connectivity index (χ1v) is 11.1. The van der Waals surface area contributed by atoms with Crippen LogP contribution in [0.4, 0.5) is 0 Å². The molecule has 2 heterocycles. The largest absolute Gasteiger partial charge is 0.454 e. The lowest BCUT2D eigenvalue weighted by Gasteiger charge is -2.25. The molecule has 0 spiro atoms. The van der Waals surface area contributed by atoms with Crippen molar-refractivity contribution in [3.8, 4) is 0 Å². The van der Waals surface area contributed by atoms with E-state index in [2.05, 4.69) is 4.98 Å². The number of ether oxygens (including phenoxy) is 1. The standard InChI is InChI=1S/C19H18Cl2N2O5S/c20-16-10-14(11-22-18(16)21)19(25)28-12-17(24)13-4-6-15(7-5-13)29(26,27)23-8-2-1-3-9-23/h4-7,10-11H,1-3,8-9,12H2. The molecule has 7 nitrogen and oxygen atoms in total. The number of Topliss-reactive ketones (excluding diaryl/α,β-unsaturated/α-hetero) is 1. The van der Waals surface area contributed by atoms with E-state index in [0.29, 0.717) is 13.1 Å². The summed E-state index contributed by atoms with van der Waals surface area (Å²) in [5.41, 5.74) is 0.304. The lowest BCUT2D eigenvalue weighted by molar-refractivity contribution is 0.0474. The summed E-state index contributed by atoms with van der Waals surface area (Å²) in [7, 11) is -3.57. The number of ketones is 1. The Morgan fingerprint density at radius 1 is 1.03 bits per heavy atom. The molecule has 1 aromatic heterocycles. The number of piperidine rings is 1. The van der Waals surface area contributed by atoms with Gasteiger partial charge in [-0.1, -0.05) is 29.6 Å². The second-order valence-corrected chi connectivity index (χ2v) is 9.19. The van der Waals surface area contributed by atoms with Crippen LogP contribution in [0.2, 0.25) is 10.2 Å². The maximum absolute atomic E-state index is 12.6. The van der Waals surface area contributed by atoms with Crippen LogP contribution in [-0.2, 0) is 14.8 Å². The van der Waals surface area contributed by atoms with E-state index in [-0.39, 0.29) is 26.2 Å². The highest BCUT2D eigenvalue weighted by Gasteiger charge is 2.26. The second-order valence-electron chi connectivity index (χ2n) is 6.49. The van der Waals surface area contributed by atoms with Gasteiger partial charge in [-0.2, -0.15) is 4.31 Å². The van der Waals surface area contributed by atoms with E-state index in [1.807, 2.05) is 0 Å². The molecule has 0 unspecified atom stereocenters. The van der Waals surface area contributed by atoms with Gasteiger partial charge >= 0.3 is 5.97 Å². The zero-order valence-corrected chi connectivity index (χ0v) is 17.6. The van der Waals surface area contributed by atoms with Crippen molar-refractivity contribution in [3.63, 3.8) is 0 Å². The van der Waals surface area contributed by atoms with Crippen molar-refractivity contribution in [3.05, 3.63) is 57.8 Å². The van der Waals surface area contributed by atoms with Crippen LogP contribution in [0, 0.1) is 0 Å². The third-order valence-corrected chi connectivity index (χ3v) is 7.09. The molecule has 154 valence electrons. The van der Waals surface area contributed by atoms with Crippen LogP contribution < -0.4 is 0 Å². The van der Waals surface area contributed by atoms with E-state index < -0.39 is 28.4 Å². The molecule has 10 heteroatoms. The second kappa shape index (κ2) is 9.21. The predicted octanol–water partition coefficient (Wildman–Crippen LogP) is 3.60. The molecule has 0 bridgehead atoms. The minimum Gasteiger partial charge on any atom is -0.454 e. The number of nitrogens with zero attached hydrogens (tertiary/aromatic N) is 2. The van der Waals surface area contributed by atoms with Gasteiger partial charge in [0.25, 0.3) is 0 Å². The summed E-state index contributed by atoms with van der Waals surface area (Å²) >= 11 is 11.5. The third-order valence-electron chi connectivity index (χ3n) is 4.50. The highest BCUT2D eigenvalue weighted by molar-refractivity contribution is 7.89. The van der Waals surface area contributed by atoms with Crippen molar-refractivity contribution in [2.24, 2.45) is 0 Å². The predicted molar refractivity (Wildman–Crippen MR) is 108 cm³/mol. The molecule has 0 atom stereocenters. The summed E-state index contributed by atoms with van der Waals surface area (Å²) in [6, 6.07) is 6.90. The molecule has 1 aliphatic rings. The van der Waals surface area contributed by atoms with Crippen molar-refractivity contribution >= 4 is 45.0 Å². The van der Waals surface area contributed by atoms with Crippen molar-refractivity contribution in [2.45, 2.75) is 24.2 Å². The summed E-state index contributed by atoms with van der Waals surface area (Å²) in [6.07, 6.45) is 3.91. The first-order valence-electron chi connectivity index (χ1n) is 8.90. The first-order chi connectivity index (χ1) is 13.8. The fourth-order valence-corrected chi connectivity index (χ4v) is 4.68. The fraction of sp³-hybridized carbons (Fsp3) is 0.316. The lowest BCUT2D eigenvalue weighted by atomic mass is 10.1. The molecule has 1 fully saturated rings. The topological polar surface area (TPSA) is 93.6 Å². The Morgan fingerprint density at radius 3 is 2.31 bits per heavy atom. The van der Waals surface area contributed by atoms with Gasteiger partial charge in [0, 0.05) is 24.8 Å². The first kappa shape index (κ1) is 21.7. The highest BCUT2D eigenvalue weighted by atomic mass is 35.5. The third kappa shape index (κ3) is 5.14. The lowest BCUT2D eigenvalue weighted by Crippen LogP contribution is -2.35. The molecule has 0 radical (unpaired) electrons. The van der Waals surface area contributed by atoms with Crippen LogP contribution in [0.3, 0.4) is 0 Å². The Bertz CT molecular complexity index is 1020. The maximum atomic E-state index is 12.6. The van der Waals surface area contributed by atoms with Gasteiger partial charge in [-0.05, 0) is 43.2 Å². The smallest absolute Gasteiger partial charge is 0.340 e. The number of pyridine rings is 1. The minimum atomic E-state index is -3.57. The zero-order chi connectivity index (χ0) is 21.0. The molecule has 1 aromatic carbocycles. The number of sulfonamides is 1. The average Bonchev–Trinajstić information content (AvgIpc) is 2.74. The SMILES string of the molecule is O=C(COC(=O)c1cnc(Cl)c(Cl)c1)c1ccc(S(=O)(=O)N2CCCCC2)cc1. The number of aromatic nitrogens is 1. The number of carbonyl (C=O) groups excluding carboxylic acids is 2.